The molecule has 1 fully saturated rings. The first kappa shape index (κ1) is 21.6. The maximum atomic E-state index is 10.9. The fourth-order valence-corrected chi connectivity index (χ4v) is 9.27. The molecule has 0 aromatic heterocycles. The van der Waals surface area contributed by atoms with Gasteiger partial charge in [0.05, 0.1) is 18.1 Å². The van der Waals surface area contributed by atoms with Crippen molar-refractivity contribution in [3.8, 4) is 12.3 Å². The lowest BCUT2D eigenvalue weighted by Crippen LogP contribution is -2.67. The van der Waals surface area contributed by atoms with E-state index in [1.54, 1.807) is 0 Å². The SMILES string of the molecule is C#C[C@@]1(CO[Si](c2ccccc2)(c2ccccc2)C(C)(C)C)CCCC(=C)[C@H]1O. The average molecular weight is 405 g/mol. The summed E-state index contributed by atoms with van der Waals surface area (Å²) in [7, 11) is -2.68. The van der Waals surface area contributed by atoms with Crippen LogP contribution in [-0.2, 0) is 4.43 Å². The van der Waals surface area contributed by atoms with Gasteiger partial charge in [0.1, 0.15) is 0 Å². The van der Waals surface area contributed by atoms with Gasteiger partial charge in [0.15, 0.2) is 0 Å². The second kappa shape index (κ2) is 8.32. The molecule has 0 spiro atoms. The van der Waals surface area contributed by atoms with Crippen molar-refractivity contribution in [1.29, 1.82) is 0 Å². The Bertz CT molecular complexity index is 837. The monoisotopic (exact) mass is 404 g/mol. The van der Waals surface area contributed by atoms with Crippen LogP contribution < -0.4 is 10.4 Å². The highest BCUT2D eigenvalue weighted by Gasteiger charge is 2.52. The Morgan fingerprint density at radius 2 is 1.62 bits per heavy atom. The first-order chi connectivity index (χ1) is 13.8. The van der Waals surface area contributed by atoms with Gasteiger partial charge < -0.3 is 9.53 Å². The van der Waals surface area contributed by atoms with Crippen LogP contribution in [0, 0.1) is 17.8 Å². The van der Waals surface area contributed by atoms with Crippen molar-refractivity contribution >= 4 is 18.7 Å². The fraction of sp³-hybridized carbons (Fsp3) is 0.385. The molecule has 0 aliphatic heterocycles. The summed E-state index contributed by atoms with van der Waals surface area (Å²) in [6.07, 6.45) is 7.78. The van der Waals surface area contributed by atoms with Gasteiger partial charge in [-0.3, -0.25) is 0 Å². The predicted octanol–water partition coefficient (Wildman–Crippen LogP) is 4.28. The van der Waals surface area contributed by atoms with E-state index < -0.39 is 19.8 Å². The Labute approximate surface area is 176 Å². The minimum absolute atomic E-state index is 0.123. The van der Waals surface area contributed by atoms with Crippen LogP contribution in [0.2, 0.25) is 5.04 Å². The van der Waals surface area contributed by atoms with Crippen molar-refractivity contribution in [2.45, 2.75) is 51.2 Å². The normalized spacial score (nSPS) is 22.9. The molecule has 0 bridgehead atoms. The molecule has 152 valence electrons. The van der Waals surface area contributed by atoms with E-state index in [-0.39, 0.29) is 5.04 Å². The second-order valence-electron chi connectivity index (χ2n) is 9.17. The van der Waals surface area contributed by atoms with Gasteiger partial charge in [-0.15, -0.1) is 6.42 Å². The van der Waals surface area contributed by atoms with Gasteiger partial charge in [0, 0.05) is 0 Å². The average Bonchev–Trinajstić information content (AvgIpc) is 2.72. The zero-order valence-corrected chi connectivity index (χ0v) is 18.8. The zero-order valence-electron chi connectivity index (χ0n) is 17.8. The number of benzene rings is 2. The van der Waals surface area contributed by atoms with Gasteiger partial charge in [-0.2, -0.15) is 0 Å². The fourth-order valence-electron chi connectivity index (χ4n) is 4.64. The third-order valence-electron chi connectivity index (χ3n) is 6.28. The highest BCUT2D eigenvalue weighted by Crippen LogP contribution is 2.42. The highest BCUT2D eigenvalue weighted by atomic mass is 28.4. The van der Waals surface area contributed by atoms with Crippen molar-refractivity contribution in [3.63, 3.8) is 0 Å². The summed E-state index contributed by atoms with van der Waals surface area (Å²) in [5, 5.41) is 13.2. The van der Waals surface area contributed by atoms with Crippen molar-refractivity contribution in [1.82, 2.24) is 0 Å². The molecule has 2 aromatic carbocycles. The molecule has 0 radical (unpaired) electrons. The maximum Gasteiger partial charge on any atom is 0.261 e. The Balaban J connectivity index is 2.11. The predicted molar refractivity (Wildman–Crippen MR) is 124 cm³/mol. The molecule has 0 heterocycles. The van der Waals surface area contributed by atoms with Gasteiger partial charge in [0.25, 0.3) is 8.32 Å². The molecular weight excluding hydrogens is 372 g/mol. The van der Waals surface area contributed by atoms with E-state index >= 15 is 0 Å². The van der Waals surface area contributed by atoms with E-state index in [2.05, 4.69) is 81.8 Å². The summed E-state index contributed by atoms with van der Waals surface area (Å²) in [6, 6.07) is 21.0. The minimum Gasteiger partial charge on any atom is -0.406 e. The first-order valence-electron chi connectivity index (χ1n) is 10.4. The zero-order chi connectivity index (χ0) is 21.1. The number of hydrogen-bond acceptors (Lipinski definition) is 2. The van der Waals surface area contributed by atoms with Gasteiger partial charge in [0.2, 0.25) is 0 Å². The summed E-state index contributed by atoms with van der Waals surface area (Å²) in [5.74, 6) is 2.91. The van der Waals surface area contributed by atoms with Crippen molar-refractivity contribution in [2.75, 3.05) is 6.61 Å². The van der Waals surface area contributed by atoms with Crippen LogP contribution in [0.15, 0.2) is 72.8 Å². The molecule has 1 N–H and O–H groups in total. The van der Waals surface area contributed by atoms with Gasteiger partial charge in [-0.05, 0) is 40.2 Å². The van der Waals surface area contributed by atoms with Crippen molar-refractivity contribution in [3.05, 3.63) is 72.8 Å². The lowest BCUT2D eigenvalue weighted by atomic mass is 9.71. The number of rotatable bonds is 5. The Morgan fingerprint density at radius 1 is 1.10 bits per heavy atom. The molecule has 2 atom stereocenters. The standard InChI is InChI=1S/C26H32O2Si/c1-6-26(19-13-14-21(2)24(26)27)20-28-29(25(3,4)5,22-15-9-7-10-16-22)23-17-11-8-12-18-23/h1,7-12,15-18,24,27H,2,13-14,19-20H2,3-5H3/t24-,26+/m1/s1. The van der Waals surface area contributed by atoms with Crippen LogP contribution in [0.5, 0.6) is 0 Å². The topological polar surface area (TPSA) is 29.5 Å². The summed E-state index contributed by atoms with van der Waals surface area (Å²) < 4.78 is 7.01. The quantitative estimate of drug-likeness (QED) is 0.458. The molecule has 2 nitrogen and oxygen atoms in total. The molecule has 0 amide bonds. The summed E-state index contributed by atoms with van der Waals surface area (Å²) in [4.78, 5) is 0. The summed E-state index contributed by atoms with van der Waals surface area (Å²) >= 11 is 0. The molecule has 0 unspecified atom stereocenters. The van der Waals surface area contributed by atoms with Crippen molar-refractivity contribution in [2.24, 2.45) is 5.41 Å². The van der Waals surface area contributed by atoms with Crippen LogP contribution in [0.3, 0.4) is 0 Å². The molecule has 3 rings (SSSR count). The molecule has 29 heavy (non-hydrogen) atoms. The molecule has 0 saturated heterocycles. The first-order valence-corrected chi connectivity index (χ1v) is 12.3. The van der Waals surface area contributed by atoms with Gasteiger partial charge in [-0.25, -0.2) is 0 Å². The molecule has 3 heteroatoms. The van der Waals surface area contributed by atoms with Crippen LogP contribution in [0.4, 0.5) is 0 Å². The van der Waals surface area contributed by atoms with E-state index in [0.717, 1.165) is 24.8 Å². The molecular formula is C26H32O2Si. The molecule has 1 aliphatic carbocycles. The smallest absolute Gasteiger partial charge is 0.261 e. The van der Waals surface area contributed by atoms with E-state index in [1.165, 1.54) is 10.4 Å². The largest absolute Gasteiger partial charge is 0.406 e. The molecule has 2 aromatic rings. The number of terminal acetylenes is 1. The van der Waals surface area contributed by atoms with E-state index in [0.29, 0.717) is 6.61 Å². The molecule has 1 saturated carbocycles. The Kier molecular flexibility index (Phi) is 6.19. The van der Waals surface area contributed by atoms with Crippen LogP contribution >= 0.6 is 0 Å². The summed E-state index contributed by atoms with van der Waals surface area (Å²) in [5.41, 5.74) is 0.0998. The number of aliphatic hydroxyl groups excluding tert-OH is 1. The van der Waals surface area contributed by atoms with Crippen LogP contribution in [0.1, 0.15) is 40.0 Å². The maximum absolute atomic E-state index is 10.9. The van der Waals surface area contributed by atoms with Crippen LogP contribution in [-0.4, -0.2) is 26.1 Å². The van der Waals surface area contributed by atoms with Crippen molar-refractivity contribution < 1.29 is 9.53 Å². The minimum atomic E-state index is -2.68. The van der Waals surface area contributed by atoms with Gasteiger partial charge in [-0.1, -0.05) is 93.9 Å². The van der Waals surface area contributed by atoms with E-state index in [9.17, 15) is 5.11 Å². The van der Waals surface area contributed by atoms with E-state index in [4.69, 9.17) is 10.8 Å². The third kappa shape index (κ3) is 3.85. The lowest BCUT2D eigenvalue weighted by Gasteiger charge is -2.46. The highest BCUT2D eigenvalue weighted by molar-refractivity contribution is 6.99. The van der Waals surface area contributed by atoms with E-state index in [1.807, 2.05) is 12.1 Å². The third-order valence-corrected chi connectivity index (χ3v) is 11.3. The second-order valence-corrected chi connectivity index (χ2v) is 13.5. The number of aliphatic hydroxyl groups is 1. The lowest BCUT2D eigenvalue weighted by molar-refractivity contribution is 0.0293. The Morgan fingerprint density at radius 3 is 2.07 bits per heavy atom. The number of hydrogen-bond donors (Lipinski definition) is 1. The molecule has 1 aliphatic rings. The summed E-state index contributed by atoms with van der Waals surface area (Å²) in [6.45, 7) is 11.1. The Hall–Kier alpha value is -2.12. The van der Waals surface area contributed by atoms with Crippen LogP contribution in [0.25, 0.3) is 0 Å². The van der Waals surface area contributed by atoms with Gasteiger partial charge >= 0.3 is 0 Å².